The van der Waals surface area contributed by atoms with Gasteiger partial charge in [-0.3, -0.25) is 4.79 Å². The number of amides is 1. The van der Waals surface area contributed by atoms with Crippen molar-refractivity contribution in [2.45, 2.75) is 18.9 Å². The zero-order valence-corrected chi connectivity index (χ0v) is 13.9. The van der Waals surface area contributed by atoms with E-state index in [9.17, 15) is 4.79 Å². The van der Waals surface area contributed by atoms with Crippen molar-refractivity contribution in [1.82, 2.24) is 5.32 Å². The van der Waals surface area contributed by atoms with Gasteiger partial charge in [0.25, 0.3) is 0 Å². The molecule has 0 radical (unpaired) electrons. The fraction of sp³-hybridized carbons (Fsp3) is 0.545. The number of hydrogen-bond donors (Lipinski definition) is 2. The van der Waals surface area contributed by atoms with E-state index in [1.54, 1.807) is 18.4 Å². The van der Waals surface area contributed by atoms with Gasteiger partial charge in [-0.25, -0.2) is 0 Å². The molecule has 1 aromatic heterocycles. The van der Waals surface area contributed by atoms with Crippen LogP contribution in [0.15, 0.2) is 12.1 Å². The van der Waals surface area contributed by atoms with Crippen LogP contribution in [0.4, 0.5) is 0 Å². The summed E-state index contributed by atoms with van der Waals surface area (Å²) in [5, 5.41) is 2.87. The molecule has 0 fully saturated rings. The van der Waals surface area contributed by atoms with Crippen molar-refractivity contribution >= 4 is 52.2 Å². The van der Waals surface area contributed by atoms with Gasteiger partial charge >= 0.3 is 0 Å². The van der Waals surface area contributed by atoms with Gasteiger partial charge in [-0.2, -0.15) is 0 Å². The van der Waals surface area contributed by atoms with Crippen LogP contribution in [-0.2, 0) is 16.0 Å². The van der Waals surface area contributed by atoms with Crippen molar-refractivity contribution < 1.29 is 9.53 Å². The van der Waals surface area contributed by atoms with Crippen LogP contribution in [-0.4, -0.2) is 32.2 Å². The van der Waals surface area contributed by atoms with E-state index in [2.05, 4.69) is 40.0 Å². The molecule has 1 rings (SSSR count). The Hall–Kier alpha value is 0.110. The predicted molar refractivity (Wildman–Crippen MR) is 85.5 cm³/mol. The highest BCUT2D eigenvalue weighted by atomic mass is 127. The third-order valence-electron chi connectivity index (χ3n) is 2.33. The number of carbonyl (C=O) groups excluding carboxylic acids is 1. The van der Waals surface area contributed by atoms with Gasteiger partial charge in [0, 0.05) is 25.1 Å². The highest BCUT2D eigenvalue weighted by Gasteiger charge is 2.10. The molecule has 1 unspecified atom stereocenters. The summed E-state index contributed by atoms with van der Waals surface area (Å²) in [4.78, 5) is 12.8. The topological polar surface area (TPSA) is 64.3 Å². The summed E-state index contributed by atoms with van der Waals surface area (Å²) in [5.41, 5.74) is 5.45. The highest BCUT2D eigenvalue weighted by Crippen LogP contribution is 2.18. The molecule has 0 aliphatic rings. The largest absolute Gasteiger partial charge is 0.380 e. The zero-order valence-electron chi connectivity index (χ0n) is 10.1. The number of rotatable bonds is 7. The molecular weight excluding hydrogens is 387 g/mol. The van der Waals surface area contributed by atoms with Crippen molar-refractivity contribution in [2.75, 3.05) is 20.2 Å². The summed E-state index contributed by atoms with van der Waals surface area (Å²) >= 11 is 4.05. The van der Waals surface area contributed by atoms with Crippen molar-refractivity contribution in [3.63, 3.8) is 0 Å². The Balaban J connectivity index is 0.00000289. The first-order valence-electron chi connectivity index (χ1n) is 5.39. The van der Waals surface area contributed by atoms with E-state index in [1.807, 2.05) is 0 Å². The maximum absolute atomic E-state index is 11.5. The van der Waals surface area contributed by atoms with Gasteiger partial charge in [-0.15, -0.1) is 23.7 Å². The molecular formula is C11H18ClIN2O2S. The van der Waals surface area contributed by atoms with E-state index in [0.29, 0.717) is 19.5 Å². The standard InChI is InChI=1S/C11H17IN2O2S.ClH/c1-16-8(7-13)6-11(15)14-5-4-9-2-3-10(12)17-9;/h2-3,8H,4-7,13H2,1H3,(H,14,15);1H. The molecule has 0 aliphatic heterocycles. The van der Waals surface area contributed by atoms with Gasteiger partial charge in [0.15, 0.2) is 0 Å². The van der Waals surface area contributed by atoms with Gasteiger partial charge in [0.2, 0.25) is 5.91 Å². The normalized spacial score (nSPS) is 11.7. The minimum absolute atomic E-state index is 0. The molecule has 0 saturated carbocycles. The lowest BCUT2D eigenvalue weighted by atomic mass is 10.2. The number of methoxy groups -OCH3 is 1. The molecule has 1 heterocycles. The second kappa shape index (κ2) is 9.96. The Morgan fingerprint density at radius 3 is 2.83 bits per heavy atom. The monoisotopic (exact) mass is 404 g/mol. The number of carbonyl (C=O) groups is 1. The Morgan fingerprint density at radius 1 is 1.61 bits per heavy atom. The third kappa shape index (κ3) is 6.89. The van der Waals surface area contributed by atoms with Crippen molar-refractivity contribution in [1.29, 1.82) is 0 Å². The molecule has 4 nitrogen and oxygen atoms in total. The van der Waals surface area contributed by atoms with Gasteiger partial charge in [0.05, 0.1) is 15.4 Å². The summed E-state index contributed by atoms with van der Waals surface area (Å²) in [6.07, 6.45) is 1.02. The van der Waals surface area contributed by atoms with E-state index >= 15 is 0 Å². The van der Waals surface area contributed by atoms with E-state index in [0.717, 1.165) is 6.42 Å². The molecule has 104 valence electrons. The van der Waals surface area contributed by atoms with Gasteiger partial charge in [-0.1, -0.05) is 0 Å². The van der Waals surface area contributed by atoms with Gasteiger partial charge < -0.3 is 15.8 Å². The minimum Gasteiger partial charge on any atom is -0.380 e. The molecule has 1 atom stereocenters. The van der Waals surface area contributed by atoms with E-state index in [-0.39, 0.29) is 24.4 Å². The Morgan fingerprint density at radius 2 is 2.33 bits per heavy atom. The fourth-order valence-corrected chi connectivity index (χ4v) is 3.11. The average molecular weight is 405 g/mol. The summed E-state index contributed by atoms with van der Waals surface area (Å²) in [5.74, 6) is -0.00597. The molecule has 0 aromatic carbocycles. The Labute approximate surface area is 131 Å². The van der Waals surface area contributed by atoms with Gasteiger partial charge in [-0.05, 0) is 41.1 Å². The van der Waals surface area contributed by atoms with Crippen molar-refractivity contribution in [3.05, 3.63) is 19.9 Å². The first-order chi connectivity index (χ1) is 8.15. The molecule has 18 heavy (non-hydrogen) atoms. The summed E-state index contributed by atoms with van der Waals surface area (Å²) in [6.45, 7) is 1.03. The second-order valence-corrected chi connectivity index (χ2v) is 6.67. The SMILES string of the molecule is COC(CN)CC(=O)NCCc1ccc(I)s1.Cl. The molecule has 1 amide bonds. The average Bonchev–Trinajstić information content (AvgIpc) is 2.72. The number of thiophene rings is 1. The predicted octanol–water partition coefficient (Wildman–Crippen LogP) is 1.80. The van der Waals surface area contributed by atoms with Crippen LogP contribution in [0.1, 0.15) is 11.3 Å². The van der Waals surface area contributed by atoms with Crippen LogP contribution in [0.3, 0.4) is 0 Å². The second-order valence-electron chi connectivity index (χ2n) is 3.60. The first kappa shape index (κ1) is 18.1. The molecule has 0 saturated heterocycles. The Kier molecular flexibility index (Phi) is 10.0. The van der Waals surface area contributed by atoms with Crippen LogP contribution >= 0.6 is 46.3 Å². The number of halogens is 2. The van der Waals surface area contributed by atoms with Crippen LogP contribution < -0.4 is 11.1 Å². The van der Waals surface area contributed by atoms with E-state index in [4.69, 9.17) is 10.5 Å². The molecule has 3 N–H and O–H groups in total. The number of hydrogen-bond acceptors (Lipinski definition) is 4. The zero-order chi connectivity index (χ0) is 12.7. The van der Waals surface area contributed by atoms with Crippen molar-refractivity contribution in [3.8, 4) is 0 Å². The molecule has 7 heteroatoms. The quantitative estimate of drug-likeness (QED) is 0.681. The van der Waals surface area contributed by atoms with Crippen LogP contribution in [0.25, 0.3) is 0 Å². The fourth-order valence-electron chi connectivity index (χ4n) is 1.35. The summed E-state index contributed by atoms with van der Waals surface area (Å²) in [7, 11) is 1.57. The van der Waals surface area contributed by atoms with E-state index < -0.39 is 0 Å². The molecule has 1 aromatic rings. The lowest BCUT2D eigenvalue weighted by molar-refractivity contribution is -0.123. The number of nitrogens with two attached hydrogens (primary N) is 1. The maximum Gasteiger partial charge on any atom is 0.222 e. The van der Waals surface area contributed by atoms with E-state index in [1.165, 1.54) is 7.76 Å². The lowest BCUT2D eigenvalue weighted by Crippen LogP contribution is -2.33. The molecule has 0 aliphatic carbocycles. The Bertz CT molecular complexity index is 359. The third-order valence-corrected chi connectivity index (χ3v) is 4.29. The first-order valence-corrected chi connectivity index (χ1v) is 7.29. The summed E-state index contributed by atoms with van der Waals surface area (Å²) < 4.78 is 6.32. The maximum atomic E-state index is 11.5. The van der Waals surface area contributed by atoms with Crippen molar-refractivity contribution in [2.24, 2.45) is 5.73 Å². The van der Waals surface area contributed by atoms with Gasteiger partial charge in [0.1, 0.15) is 0 Å². The highest BCUT2D eigenvalue weighted by molar-refractivity contribution is 14.1. The molecule has 0 bridgehead atoms. The lowest BCUT2D eigenvalue weighted by Gasteiger charge is -2.12. The van der Waals surface area contributed by atoms with Crippen LogP contribution in [0.2, 0.25) is 0 Å². The summed E-state index contributed by atoms with van der Waals surface area (Å²) in [6, 6.07) is 4.17. The van der Waals surface area contributed by atoms with Crippen LogP contribution in [0, 0.1) is 2.88 Å². The minimum atomic E-state index is -0.183. The smallest absolute Gasteiger partial charge is 0.222 e. The number of nitrogens with one attached hydrogen (secondary N) is 1. The van der Waals surface area contributed by atoms with Crippen LogP contribution in [0.5, 0.6) is 0 Å². The number of ether oxygens (including phenoxy) is 1. The molecule has 0 spiro atoms.